The Morgan fingerprint density at radius 2 is 1.69 bits per heavy atom. The zero-order valence-electron chi connectivity index (χ0n) is 14.2. The van der Waals surface area contributed by atoms with Gasteiger partial charge in [-0.1, -0.05) is 18.2 Å². The number of nitrogens with one attached hydrogen (secondary N) is 2. The maximum atomic E-state index is 12.4. The van der Waals surface area contributed by atoms with E-state index in [0.29, 0.717) is 5.75 Å². The lowest BCUT2D eigenvalue weighted by Crippen LogP contribution is -2.44. The van der Waals surface area contributed by atoms with Crippen molar-refractivity contribution in [1.29, 1.82) is 0 Å². The molecule has 0 saturated carbocycles. The van der Waals surface area contributed by atoms with E-state index in [1.54, 1.807) is 12.1 Å². The molecule has 0 aliphatic carbocycles. The van der Waals surface area contributed by atoms with Crippen LogP contribution in [0.3, 0.4) is 0 Å². The van der Waals surface area contributed by atoms with E-state index >= 15 is 0 Å². The van der Waals surface area contributed by atoms with Crippen LogP contribution in [0.25, 0.3) is 0 Å². The first kappa shape index (κ1) is 19.2. The number of halogens is 2. The van der Waals surface area contributed by atoms with Gasteiger partial charge in [0.15, 0.2) is 6.61 Å². The van der Waals surface area contributed by atoms with E-state index in [9.17, 15) is 18.4 Å². The molecule has 0 heterocycles. The van der Waals surface area contributed by atoms with Crippen molar-refractivity contribution in [2.75, 3.05) is 6.61 Å². The quantitative estimate of drug-likeness (QED) is 0.773. The number of benzene rings is 2. The third-order valence-corrected chi connectivity index (χ3v) is 3.23. The molecule has 0 radical (unpaired) electrons. The molecule has 0 spiro atoms. The Hall–Kier alpha value is -3.16. The molecule has 0 aromatic heterocycles. The summed E-state index contributed by atoms with van der Waals surface area (Å²) in [5, 5.41) is 0. The van der Waals surface area contributed by atoms with Crippen LogP contribution < -0.4 is 20.3 Å². The predicted octanol–water partition coefficient (Wildman–Crippen LogP) is 2.74. The second-order valence-electron chi connectivity index (χ2n) is 5.49. The molecule has 0 aliphatic heterocycles. The number of carbonyl (C=O) groups is 2. The molecular formula is C18H18F2N2O4. The molecule has 2 N–H and O–H groups in total. The summed E-state index contributed by atoms with van der Waals surface area (Å²) < 4.78 is 34.3. The van der Waals surface area contributed by atoms with Crippen molar-refractivity contribution in [1.82, 2.24) is 10.9 Å². The summed E-state index contributed by atoms with van der Waals surface area (Å²) in [6, 6.07) is 11.0. The lowest BCUT2D eigenvalue weighted by atomic mass is 10.1. The van der Waals surface area contributed by atoms with Crippen molar-refractivity contribution in [3.05, 3.63) is 59.2 Å². The normalized spacial score (nSPS) is 10.3. The number of ether oxygens (including phenoxy) is 2. The maximum Gasteiger partial charge on any atom is 0.387 e. The number of hydrogen-bond acceptors (Lipinski definition) is 4. The monoisotopic (exact) mass is 364 g/mol. The van der Waals surface area contributed by atoms with Crippen LogP contribution in [0, 0.1) is 13.8 Å². The molecule has 8 heteroatoms. The lowest BCUT2D eigenvalue weighted by Gasteiger charge is -2.12. The van der Waals surface area contributed by atoms with Gasteiger partial charge in [0.25, 0.3) is 11.8 Å². The number of amides is 2. The Balaban J connectivity index is 1.88. The summed E-state index contributed by atoms with van der Waals surface area (Å²) in [5.41, 5.74) is 6.13. The Morgan fingerprint density at radius 1 is 1.04 bits per heavy atom. The summed E-state index contributed by atoms with van der Waals surface area (Å²) in [6.45, 7) is 0.418. The first-order valence-corrected chi connectivity index (χ1v) is 7.69. The number of carbonyl (C=O) groups excluding carboxylic acids is 2. The fraction of sp³-hybridized carbons (Fsp3) is 0.222. The van der Waals surface area contributed by atoms with Crippen LogP contribution in [0.2, 0.25) is 0 Å². The van der Waals surface area contributed by atoms with E-state index < -0.39 is 18.4 Å². The van der Waals surface area contributed by atoms with Crippen molar-refractivity contribution < 1.29 is 27.8 Å². The molecule has 0 atom stereocenters. The number of hydrogen-bond donors (Lipinski definition) is 2. The molecule has 2 aromatic rings. The Labute approximate surface area is 149 Å². The van der Waals surface area contributed by atoms with Crippen molar-refractivity contribution in [3.8, 4) is 11.5 Å². The number of alkyl halides is 2. The van der Waals surface area contributed by atoms with Crippen LogP contribution >= 0.6 is 0 Å². The van der Waals surface area contributed by atoms with Crippen molar-refractivity contribution in [2.45, 2.75) is 20.5 Å². The first-order valence-electron chi connectivity index (χ1n) is 7.69. The van der Waals surface area contributed by atoms with Gasteiger partial charge >= 0.3 is 6.61 Å². The van der Waals surface area contributed by atoms with E-state index in [-0.39, 0.29) is 17.9 Å². The van der Waals surface area contributed by atoms with Gasteiger partial charge in [-0.2, -0.15) is 8.78 Å². The third-order valence-electron chi connectivity index (χ3n) is 3.23. The van der Waals surface area contributed by atoms with E-state index in [1.165, 1.54) is 24.3 Å². The highest BCUT2D eigenvalue weighted by atomic mass is 19.3. The van der Waals surface area contributed by atoms with Crippen molar-refractivity contribution in [2.24, 2.45) is 0 Å². The van der Waals surface area contributed by atoms with Crippen molar-refractivity contribution >= 4 is 11.8 Å². The smallest absolute Gasteiger partial charge is 0.387 e. The van der Waals surface area contributed by atoms with Crippen LogP contribution in [0.5, 0.6) is 11.5 Å². The average Bonchev–Trinajstić information content (AvgIpc) is 2.57. The highest BCUT2D eigenvalue weighted by molar-refractivity contribution is 5.97. The summed E-state index contributed by atoms with van der Waals surface area (Å²) in [6.07, 6.45) is 0. The van der Waals surface area contributed by atoms with Gasteiger partial charge in [-0.25, -0.2) is 0 Å². The van der Waals surface area contributed by atoms with E-state index in [4.69, 9.17) is 4.74 Å². The molecule has 138 valence electrons. The van der Waals surface area contributed by atoms with Gasteiger partial charge in [0, 0.05) is 0 Å². The fourth-order valence-corrected chi connectivity index (χ4v) is 2.25. The second kappa shape index (κ2) is 8.80. The van der Waals surface area contributed by atoms with Crippen LogP contribution in [0.4, 0.5) is 8.78 Å². The van der Waals surface area contributed by atoms with E-state index in [0.717, 1.165) is 11.1 Å². The largest absolute Gasteiger partial charge is 0.484 e. The lowest BCUT2D eigenvalue weighted by molar-refractivity contribution is -0.123. The third kappa shape index (κ3) is 5.73. The van der Waals surface area contributed by atoms with Gasteiger partial charge in [0.2, 0.25) is 0 Å². The molecule has 2 rings (SSSR count). The van der Waals surface area contributed by atoms with Gasteiger partial charge in [-0.05, 0) is 49.2 Å². The zero-order valence-corrected chi connectivity index (χ0v) is 14.2. The number of hydrazine groups is 1. The standard InChI is InChI=1S/C18H18F2N2O4/c1-11-7-12(2)9-13(8-11)25-10-16(23)21-22-17(24)14-5-3-4-6-15(14)26-18(19)20/h3-9,18H,10H2,1-2H3,(H,21,23)(H,22,24). The molecule has 0 aliphatic rings. The summed E-state index contributed by atoms with van der Waals surface area (Å²) >= 11 is 0. The summed E-state index contributed by atoms with van der Waals surface area (Å²) in [5.74, 6) is -1.16. The average molecular weight is 364 g/mol. The maximum absolute atomic E-state index is 12.4. The minimum atomic E-state index is -3.07. The van der Waals surface area contributed by atoms with Crippen LogP contribution in [0.15, 0.2) is 42.5 Å². The van der Waals surface area contributed by atoms with E-state index in [2.05, 4.69) is 15.6 Å². The minimum Gasteiger partial charge on any atom is -0.484 e. The van der Waals surface area contributed by atoms with Gasteiger partial charge in [0.05, 0.1) is 5.56 Å². The second-order valence-corrected chi connectivity index (χ2v) is 5.49. The molecule has 0 unspecified atom stereocenters. The predicted molar refractivity (Wildman–Crippen MR) is 90.1 cm³/mol. The SMILES string of the molecule is Cc1cc(C)cc(OCC(=O)NNC(=O)c2ccccc2OC(F)F)c1. The Morgan fingerprint density at radius 3 is 2.35 bits per heavy atom. The molecule has 2 amide bonds. The summed E-state index contributed by atoms with van der Waals surface area (Å²) in [4.78, 5) is 23.8. The zero-order chi connectivity index (χ0) is 19.1. The van der Waals surface area contributed by atoms with Crippen molar-refractivity contribution in [3.63, 3.8) is 0 Å². The first-order chi connectivity index (χ1) is 12.3. The summed E-state index contributed by atoms with van der Waals surface area (Å²) in [7, 11) is 0. The number of aryl methyl sites for hydroxylation is 2. The molecule has 0 bridgehead atoms. The Kier molecular flexibility index (Phi) is 6.48. The fourth-order valence-electron chi connectivity index (χ4n) is 2.25. The topological polar surface area (TPSA) is 76.7 Å². The minimum absolute atomic E-state index is 0.136. The van der Waals surface area contributed by atoms with Gasteiger partial charge < -0.3 is 9.47 Å². The van der Waals surface area contributed by atoms with Gasteiger partial charge in [0.1, 0.15) is 11.5 Å². The highest BCUT2D eigenvalue weighted by Crippen LogP contribution is 2.20. The molecule has 0 saturated heterocycles. The molecular weight excluding hydrogens is 346 g/mol. The molecule has 26 heavy (non-hydrogen) atoms. The molecule has 2 aromatic carbocycles. The van der Waals surface area contributed by atoms with E-state index in [1.807, 2.05) is 19.9 Å². The number of rotatable bonds is 6. The van der Waals surface area contributed by atoms with Crippen LogP contribution in [-0.4, -0.2) is 25.0 Å². The van der Waals surface area contributed by atoms with Gasteiger partial charge in [-0.15, -0.1) is 0 Å². The molecule has 6 nitrogen and oxygen atoms in total. The van der Waals surface area contributed by atoms with Gasteiger partial charge in [-0.3, -0.25) is 20.4 Å². The molecule has 0 fully saturated rings. The number of para-hydroxylation sites is 1. The van der Waals surface area contributed by atoms with Crippen LogP contribution in [-0.2, 0) is 4.79 Å². The van der Waals surface area contributed by atoms with Crippen LogP contribution in [0.1, 0.15) is 21.5 Å². The highest BCUT2D eigenvalue weighted by Gasteiger charge is 2.16. The Bertz CT molecular complexity index is 776.